The minimum absolute atomic E-state index is 0.225. The van der Waals surface area contributed by atoms with E-state index in [9.17, 15) is 9.18 Å². The predicted molar refractivity (Wildman–Crippen MR) is 96.5 cm³/mol. The van der Waals surface area contributed by atoms with Gasteiger partial charge in [0.25, 0.3) is 5.56 Å². The highest BCUT2D eigenvalue weighted by atomic mass is 32.1. The summed E-state index contributed by atoms with van der Waals surface area (Å²) in [6, 6.07) is 7.93. The van der Waals surface area contributed by atoms with Crippen molar-refractivity contribution in [2.75, 3.05) is 5.75 Å². The highest BCUT2D eigenvalue weighted by molar-refractivity contribution is 7.80. The summed E-state index contributed by atoms with van der Waals surface area (Å²) in [5.41, 5.74) is 3.44. The average molecular weight is 355 g/mol. The molecule has 0 saturated carbocycles. The van der Waals surface area contributed by atoms with Gasteiger partial charge in [0, 0.05) is 18.5 Å². The second-order valence-corrected chi connectivity index (χ2v) is 6.12. The Kier molecular flexibility index (Phi) is 3.76. The molecule has 4 aromatic rings. The Labute approximate surface area is 147 Å². The first kappa shape index (κ1) is 15.8. The van der Waals surface area contributed by atoms with Gasteiger partial charge in [0.2, 0.25) is 0 Å². The lowest BCUT2D eigenvalue weighted by atomic mass is 10.1. The quantitative estimate of drug-likeness (QED) is 0.574. The fourth-order valence-electron chi connectivity index (χ4n) is 2.93. The third-order valence-electron chi connectivity index (χ3n) is 4.10. The molecular weight excluding hydrogens is 341 g/mol. The number of nitrogens with zero attached hydrogens (tertiary/aromatic N) is 5. The van der Waals surface area contributed by atoms with Crippen molar-refractivity contribution in [2.24, 2.45) is 0 Å². The van der Waals surface area contributed by atoms with Gasteiger partial charge in [0.1, 0.15) is 11.3 Å². The van der Waals surface area contributed by atoms with Crippen molar-refractivity contribution >= 4 is 29.3 Å². The van der Waals surface area contributed by atoms with Crippen LogP contribution in [0.4, 0.5) is 4.39 Å². The van der Waals surface area contributed by atoms with Gasteiger partial charge < -0.3 is 4.57 Å². The summed E-state index contributed by atoms with van der Waals surface area (Å²) in [5, 5.41) is 12.9. The number of fused-ring (bicyclic) bond motifs is 3. The predicted octanol–water partition coefficient (Wildman–Crippen LogP) is 2.48. The maximum absolute atomic E-state index is 13.2. The molecule has 1 aromatic carbocycles. The molecule has 0 radical (unpaired) electrons. The number of rotatable bonds is 3. The van der Waals surface area contributed by atoms with Gasteiger partial charge in [-0.05, 0) is 30.7 Å². The molecule has 3 heterocycles. The van der Waals surface area contributed by atoms with E-state index in [1.807, 2.05) is 6.92 Å². The van der Waals surface area contributed by atoms with Gasteiger partial charge in [0.05, 0.1) is 11.3 Å². The van der Waals surface area contributed by atoms with Crippen LogP contribution in [0.3, 0.4) is 0 Å². The maximum Gasteiger partial charge on any atom is 0.280 e. The summed E-state index contributed by atoms with van der Waals surface area (Å²) in [5.74, 6) is 0.246. The lowest BCUT2D eigenvalue weighted by Gasteiger charge is -2.05. The summed E-state index contributed by atoms with van der Waals surface area (Å²) in [6.45, 7) is 2.35. The van der Waals surface area contributed by atoms with Gasteiger partial charge in [-0.1, -0.05) is 12.1 Å². The molecule has 0 fully saturated rings. The van der Waals surface area contributed by atoms with Crippen LogP contribution in [0.15, 0.2) is 41.3 Å². The van der Waals surface area contributed by atoms with E-state index in [2.05, 4.69) is 27.9 Å². The molecule has 126 valence electrons. The van der Waals surface area contributed by atoms with E-state index >= 15 is 0 Å². The Morgan fingerprint density at radius 1 is 1.16 bits per heavy atom. The van der Waals surface area contributed by atoms with Crippen LogP contribution in [0.2, 0.25) is 0 Å². The number of hydrogen-bond acceptors (Lipinski definition) is 5. The highest BCUT2D eigenvalue weighted by Crippen LogP contribution is 2.28. The molecule has 0 aliphatic rings. The Morgan fingerprint density at radius 2 is 1.92 bits per heavy atom. The molecule has 0 aliphatic heterocycles. The van der Waals surface area contributed by atoms with E-state index in [1.165, 1.54) is 12.1 Å². The van der Waals surface area contributed by atoms with Crippen molar-refractivity contribution in [2.45, 2.75) is 13.5 Å². The molecule has 0 bridgehead atoms. The molecule has 8 heteroatoms. The first-order valence-electron chi connectivity index (χ1n) is 7.72. The van der Waals surface area contributed by atoms with E-state index in [0.29, 0.717) is 23.5 Å². The van der Waals surface area contributed by atoms with Crippen LogP contribution in [0.5, 0.6) is 0 Å². The standard InChI is InChI=1S/C17H14FN5OS/c1-10-14(11-2-4-12(18)5-3-11)16-20-19-15-13(23(16)21-10)6-7-22(8-9-25)17(15)24/h2-7,25H,8-9H2,1H3. The van der Waals surface area contributed by atoms with Crippen molar-refractivity contribution in [3.05, 3.63) is 58.4 Å². The summed E-state index contributed by atoms with van der Waals surface area (Å²) in [4.78, 5) is 12.5. The van der Waals surface area contributed by atoms with Crippen LogP contribution >= 0.6 is 12.6 Å². The summed E-state index contributed by atoms with van der Waals surface area (Å²) in [7, 11) is 0. The van der Waals surface area contributed by atoms with Gasteiger partial charge in [-0.25, -0.2) is 8.91 Å². The van der Waals surface area contributed by atoms with E-state index in [4.69, 9.17) is 0 Å². The van der Waals surface area contributed by atoms with Gasteiger partial charge >= 0.3 is 0 Å². The Morgan fingerprint density at radius 3 is 2.64 bits per heavy atom. The highest BCUT2D eigenvalue weighted by Gasteiger charge is 2.17. The van der Waals surface area contributed by atoms with Crippen LogP contribution in [-0.4, -0.2) is 30.1 Å². The fraction of sp³-hybridized carbons (Fsp3) is 0.176. The first-order chi connectivity index (χ1) is 12.1. The smallest absolute Gasteiger partial charge is 0.280 e. The minimum Gasteiger partial charge on any atom is -0.313 e. The zero-order valence-electron chi connectivity index (χ0n) is 13.3. The van der Waals surface area contributed by atoms with E-state index in [1.54, 1.807) is 33.5 Å². The van der Waals surface area contributed by atoms with Crippen LogP contribution in [0, 0.1) is 12.7 Å². The molecule has 0 N–H and O–H groups in total. The van der Waals surface area contributed by atoms with Crippen LogP contribution in [-0.2, 0) is 6.54 Å². The zero-order chi connectivity index (χ0) is 17.6. The second-order valence-electron chi connectivity index (χ2n) is 5.67. The topological polar surface area (TPSA) is 65.1 Å². The van der Waals surface area contributed by atoms with E-state index < -0.39 is 0 Å². The van der Waals surface area contributed by atoms with Crippen LogP contribution in [0.25, 0.3) is 27.8 Å². The number of aryl methyl sites for hydroxylation is 2. The molecule has 6 nitrogen and oxygen atoms in total. The van der Waals surface area contributed by atoms with Crippen LogP contribution in [0.1, 0.15) is 5.69 Å². The van der Waals surface area contributed by atoms with Gasteiger partial charge in [-0.3, -0.25) is 4.79 Å². The molecule has 0 saturated heterocycles. The molecular formula is C17H14FN5OS. The Balaban J connectivity index is 2.01. The summed E-state index contributed by atoms with van der Waals surface area (Å²) >= 11 is 4.16. The first-order valence-corrected chi connectivity index (χ1v) is 8.35. The SMILES string of the molecule is Cc1nn2c(nnc3c(=O)n(CCS)ccc32)c1-c1ccc(F)cc1. The molecule has 4 rings (SSSR count). The molecule has 3 aromatic heterocycles. The lowest BCUT2D eigenvalue weighted by Crippen LogP contribution is -2.22. The Bertz CT molecular complexity index is 1150. The van der Waals surface area contributed by atoms with Crippen LogP contribution < -0.4 is 5.56 Å². The minimum atomic E-state index is -0.306. The van der Waals surface area contributed by atoms with Crippen molar-refractivity contribution < 1.29 is 4.39 Å². The largest absolute Gasteiger partial charge is 0.313 e. The van der Waals surface area contributed by atoms with E-state index in [-0.39, 0.29) is 16.9 Å². The van der Waals surface area contributed by atoms with Gasteiger partial charge in [-0.15, -0.1) is 10.2 Å². The van der Waals surface area contributed by atoms with Crippen molar-refractivity contribution in [1.29, 1.82) is 0 Å². The van der Waals surface area contributed by atoms with Crippen molar-refractivity contribution in [1.82, 2.24) is 24.4 Å². The van der Waals surface area contributed by atoms with Crippen molar-refractivity contribution in [3.8, 4) is 11.1 Å². The molecule has 0 atom stereocenters. The number of halogens is 1. The normalized spacial score (nSPS) is 11.5. The number of benzene rings is 1. The number of pyridine rings is 1. The lowest BCUT2D eigenvalue weighted by molar-refractivity contribution is 0.628. The third kappa shape index (κ3) is 2.49. The zero-order valence-corrected chi connectivity index (χ0v) is 14.2. The fourth-order valence-corrected chi connectivity index (χ4v) is 3.14. The average Bonchev–Trinajstić information content (AvgIpc) is 2.94. The van der Waals surface area contributed by atoms with Gasteiger partial charge in [-0.2, -0.15) is 17.7 Å². The molecule has 0 spiro atoms. The molecule has 0 unspecified atom stereocenters. The molecule has 0 amide bonds. The number of aromatic nitrogens is 5. The van der Waals surface area contributed by atoms with Gasteiger partial charge in [0.15, 0.2) is 11.2 Å². The monoisotopic (exact) mass is 355 g/mol. The number of hydrogen-bond donors (Lipinski definition) is 1. The summed E-state index contributed by atoms with van der Waals surface area (Å²) in [6.07, 6.45) is 1.70. The maximum atomic E-state index is 13.2. The molecule has 0 aliphatic carbocycles. The summed E-state index contributed by atoms with van der Waals surface area (Å²) < 4.78 is 16.4. The second kappa shape index (κ2) is 5.96. The van der Waals surface area contributed by atoms with Crippen molar-refractivity contribution in [3.63, 3.8) is 0 Å². The Hall–Kier alpha value is -2.74. The molecule has 25 heavy (non-hydrogen) atoms. The number of thiol groups is 1. The third-order valence-corrected chi connectivity index (χ3v) is 4.30. The van der Waals surface area contributed by atoms with E-state index in [0.717, 1.165) is 16.8 Å².